The summed E-state index contributed by atoms with van der Waals surface area (Å²) in [7, 11) is 0. The molecule has 0 radical (unpaired) electrons. The van der Waals surface area contributed by atoms with Gasteiger partial charge in [-0.05, 0) is 23.6 Å². The molecule has 0 spiro atoms. The topological polar surface area (TPSA) is 42.2 Å². The van der Waals surface area contributed by atoms with Crippen molar-refractivity contribution in [3.05, 3.63) is 56.5 Å². The van der Waals surface area contributed by atoms with Crippen molar-refractivity contribution in [3.8, 4) is 11.8 Å². The third-order valence-electron chi connectivity index (χ3n) is 2.89. The summed E-state index contributed by atoms with van der Waals surface area (Å²) in [6.45, 7) is 0.378. The summed E-state index contributed by atoms with van der Waals surface area (Å²) in [6, 6.07) is 9.54. The highest BCUT2D eigenvalue weighted by atomic mass is 32.1. The van der Waals surface area contributed by atoms with Crippen LogP contribution in [0.5, 0.6) is 0 Å². The van der Waals surface area contributed by atoms with Crippen LogP contribution in [-0.2, 0) is 6.54 Å². The molecule has 3 nitrogen and oxygen atoms in total. The van der Waals surface area contributed by atoms with E-state index in [9.17, 15) is 4.79 Å². The molecule has 1 aromatic carbocycles. The van der Waals surface area contributed by atoms with Gasteiger partial charge in [0.1, 0.15) is 6.61 Å². The van der Waals surface area contributed by atoms with Crippen LogP contribution in [0.15, 0.2) is 40.5 Å². The molecule has 3 rings (SSSR count). The van der Waals surface area contributed by atoms with Gasteiger partial charge in [-0.1, -0.05) is 35.5 Å². The van der Waals surface area contributed by atoms with Crippen molar-refractivity contribution < 1.29 is 5.11 Å². The van der Waals surface area contributed by atoms with Crippen molar-refractivity contribution in [2.75, 3.05) is 6.61 Å². The first kappa shape index (κ1) is 13.1. The lowest BCUT2D eigenvalue weighted by atomic mass is 10.2. The number of nitrogens with zero attached hydrogens (tertiary/aromatic N) is 1. The molecule has 5 heteroatoms. The summed E-state index contributed by atoms with van der Waals surface area (Å²) >= 11 is 3.04. The van der Waals surface area contributed by atoms with Crippen molar-refractivity contribution >= 4 is 33.0 Å². The van der Waals surface area contributed by atoms with Crippen LogP contribution in [0.1, 0.15) is 10.4 Å². The van der Waals surface area contributed by atoms with E-state index in [1.807, 2.05) is 35.7 Å². The SMILES string of the molecule is O=c1c2ccccc2sn1Cc1sccc1C#CCO. The van der Waals surface area contributed by atoms with Crippen molar-refractivity contribution in [3.63, 3.8) is 0 Å². The van der Waals surface area contributed by atoms with Gasteiger partial charge in [0.2, 0.25) is 0 Å². The van der Waals surface area contributed by atoms with Crippen LogP contribution in [0.25, 0.3) is 10.1 Å². The number of aliphatic hydroxyl groups excluding tert-OH is 1. The van der Waals surface area contributed by atoms with Gasteiger partial charge >= 0.3 is 0 Å². The Morgan fingerprint density at radius 3 is 2.90 bits per heavy atom. The van der Waals surface area contributed by atoms with E-state index < -0.39 is 0 Å². The Hall–Kier alpha value is -1.87. The largest absolute Gasteiger partial charge is 0.384 e. The molecule has 100 valence electrons. The Labute approximate surface area is 123 Å². The lowest BCUT2D eigenvalue weighted by Gasteiger charge is -1.98. The number of aliphatic hydroxyl groups is 1. The van der Waals surface area contributed by atoms with Gasteiger partial charge in [0.05, 0.1) is 16.6 Å². The maximum atomic E-state index is 12.3. The Morgan fingerprint density at radius 2 is 2.10 bits per heavy atom. The zero-order chi connectivity index (χ0) is 13.9. The van der Waals surface area contributed by atoms with E-state index >= 15 is 0 Å². The van der Waals surface area contributed by atoms with Crippen molar-refractivity contribution in [2.45, 2.75) is 6.54 Å². The van der Waals surface area contributed by atoms with Crippen LogP contribution in [0.2, 0.25) is 0 Å². The van der Waals surface area contributed by atoms with E-state index in [-0.39, 0.29) is 12.2 Å². The highest BCUT2D eigenvalue weighted by molar-refractivity contribution is 7.14. The smallest absolute Gasteiger partial charge is 0.268 e. The fraction of sp³-hybridized carbons (Fsp3) is 0.133. The third-order valence-corrected chi connectivity index (χ3v) is 4.86. The number of hydrogen-bond donors (Lipinski definition) is 1. The molecule has 1 N–H and O–H groups in total. The summed E-state index contributed by atoms with van der Waals surface area (Å²) in [4.78, 5) is 13.3. The minimum Gasteiger partial charge on any atom is -0.384 e. The maximum absolute atomic E-state index is 12.3. The molecular formula is C15H11NO2S2. The second-order valence-corrected chi connectivity index (χ2v) is 6.21. The minimum atomic E-state index is -0.155. The van der Waals surface area contributed by atoms with E-state index in [1.54, 1.807) is 15.3 Å². The van der Waals surface area contributed by atoms with Gasteiger partial charge in [0.15, 0.2) is 0 Å². The summed E-state index contributed by atoms with van der Waals surface area (Å²) < 4.78 is 2.75. The molecule has 0 amide bonds. The quantitative estimate of drug-likeness (QED) is 0.739. The molecule has 2 heterocycles. The second-order valence-electron chi connectivity index (χ2n) is 4.15. The molecule has 0 unspecified atom stereocenters. The fourth-order valence-corrected chi connectivity index (χ4v) is 3.87. The monoisotopic (exact) mass is 301 g/mol. The van der Waals surface area contributed by atoms with Gasteiger partial charge in [-0.15, -0.1) is 11.3 Å². The first-order chi connectivity index (χ1) is 9.79. The third kappa shape index (κ3) is 2.41. The Bertz CT molecular complexity index is 861. The minimum absolute atomic E-state index is 0.0417. The zero-order valence-electron chi connectivity index (χ0n) is 10.5. The van der Waals surface area contributed by atoms with Gasteiger partial charge in [0.25, 0.3) is 5.56 Å². The van der Waals surface area contributed by atoms with E-state index in [2.05, 4.69) is 11.8 Å². The Morgan fingerprint density at radius 1 is 1.25 bits per heavy atom. The predicted molar refractivity (Wildman–Crippen MR) is 83.5 cm³/mol. The van der Waals surface area contributed by atoms with Crippen LogP contribution < -0.4 is 5.56 Å². The normalized spacial score (nSPS) is 10.4. The molecule has 0 aliphatic heterocycles. The highest BCUT2D eigenvalue weighted by Crippen LogP contribution is 2.21. The predicted octanol–water partition coefficient (Wildman–Crippen LogP) is 2.52. The van der Waals surface area contributed by atoms with Gasteiger partial charge in [-0.3, -0.25) is 8.75 Å². The molecule has 3 aromatic rings. The van der Waals surface area contributed by atoms with Crippen LogP contribution in [-0.4, -0.2) is 15.7 Å². The van der Waals surface area contributed by atoms with Gasteiger partial charge in [-0.25, -0.2) is 0 Å². The van der Waals surface area contributed by atoms with Crippen LogP contribution in [0, 0.1) is 11.8 Å². The standard InChI is InChI=1S/C15H11NO2S2/c17-8-3-4-11-7-9-19-14(11)10-16-15(18)12-5-1-2-6-13(12)20-16/h1-2,5-7,9,17H,8,10H2. The zero-order valence-corrected chi connectivity index (χ0v) is 12.1. The van der Waals surface area contributed by atoms with Gasteiger partial charge < -0.3 is 5.11 Å². The number of hydrogen-bond acceptors (Lipinski definition) is 4. The van der Waals surface area contributed by atoms with Crippen molar-refractivity contribution in [1.29, 1.82) is 0 Å². The summed E-state index contributed by atoms with van der Waals surface area (Å²) in [5.74, 6) is 5.56. The lowest BCUT2D eigenvalue weighted by Crippen LogP contribution is -2.13. The molecule has 0 aliphatic rings. The molecular weight excluding hydrogens is 290 g/mol. The molecule has 0 aliphatic carbocycles. The summed E-state index contributed by atoms with van der Waals surface area (Å²) in [6.07, 6.45) is 0. The Kier molecular flexibility index (Phi) is 3.70. The summed E-state index contributed by atoms with van der Waals surface area (Å²) in [5, 5.41) is 11.5. The van der Waals surface area contributed by atoms with Crippen molar-refractivity contribution in [1.82, 2.24) is 3.96 Å². The molecule has 0 bridgehead atoms. The molecule has 0 atom stereocenters. The molecule has 2 aromatic heterocycles. The first-order valence-corrected chi connectivity index (χ1v) is 7.70. The van der Waals surface area contributed by atoms with Crippen molar-refractivity contribution in [2.24, 2.45) is 0 Å². The number of rotatable bonds is 2. The highest BCUT2D eigenvalue weighted by Gasteiger charge is 2.09. The van der Waals surface area contributed by atoms with Gasteiger partial charge in [0, 0.05) is 10.4 Å². The van der Waals surface area contributed by atoms with E-state index in [0.717, 1.165) is 20.5 Å². The fourth-order valence-electron chi connectivity index (χ4n) is 1.96. The summed E-state index contributed by atoms with van der Waals surface area (Å²) in [5.41, 5.74) is 0.925. The number of benzene rings is 1. The average molecular weight is 301 g/mol. The Balaban J connectivity index is 2.00. The number of fused-ring (bicyclic) bond motifs is 1. The van der Waals surface area contributed by atoms with E-state index in [4.69, 9.17) is 5.11 Å². The average Bonchev–Trinajstić information content (AvgIpc) is 3.03. The first-order valence-electron chi connectivity index (χ1n) is 6.04. The van der Waals surface area contributed by atoms with E-state index in [0.29, 0.717) is 6.54 Å². The van der Waals surface area contributed by atoms with Crippen LogP contribution in [0.4, 0.5) is 0 Å². The molecule has 0 saturated carbocycles. The van der Waals surface area contributed by atoms with Gasteiger partial charge in [-0.2, -0.15) is 0 Å². The number of thiophene rings is 1. The molecule has 20 heavy (non-hydrogen) atoms. The molecule has 0 fully saturated rings. The van der Waals surface area contributed by atoms with Crippen LogP contribution >= 0.6 is 22.9 Å². The van der Waals surface area contributed by atoms with Crippen LogP contribution in [0.3, 0.4) is 0 Å². The maximum Gasteiger partial charge on any atom is 0.268 e. The second kappa shape index (κ2) is 5.63. The molecule has 0 saturated heterocycles. The van der Waals surface area contributed by atoms with E-state index in [1.165, 1.54) is 11.5 Å². The lowest BCUT2D eigenvalue weighted by molar-refractivity contribution is 0.350. The number of aromatic nitrogens is 1.